The van der Waals surface area contributed by atoms with Crippen LogP contribution in [0.25, 0.3) is 0 Å². The molecule has 3 rings (SSSR count). The fourth-order valence-electron chi connectivity index (χ4n) is 3.81. The number of amides is 1. The summed E-state index contributed by atoms with van der Waals surface area (Å²) in [5.41, 5.74) is 0. The predicted octanol–water partition coefficient (Wildman–Crippen LogP) is 0.314. The molecule has 0 aromatic carbocycles. The minimum Gasteiger partial charge on any atom is -0.396 e. The minimum absolute atomic E-state index is 0.0202. The second kappa shape index (κ2) is 5.44. The lowest BCUT2D eigenvalue weighted by atomic mass is 9.85. The van der Waals surface area contributed by atoms with E-state index in [9.17, 15) is 20.0 Å². The van der Waals surface area contributed by atoms with E-state index in [0.717, 1.165) is 19.3 Å². The van der Waals surface area contributed by atoms with Gasteiger partial charge in [0.25, 0.3) is 0 Å². The van der Waals surface area contributed by atoms with E-state index in [0.29, 0.717) is 11.8 Å². The summed E-state index contributed by atoms with van der Waals surface area (Å²) in [6.45, 7) is 0.0548. The second-order valence-corrected chi connectivity index (χ2v) is 5.90. The van der Waals surface area contributed by atoms with E-state index in [1.165, 1.54) is 16.9 Å². The van der Waals surface area contributed by atoms with Crippen LogP contribution in [0.2, 0.25) is 0 Å². The molecular formula is C13H18N4O4. The van der Waals surface area contributed by atoms with Crippen LogP contribution in [0.15, 0.2) is 12.3 Å². The Kier molecular flexibility index (Phi) is 3.62. The Bertz CT molecular complexity index is 558. The van der Waals surface area contributed by atoms with E-state index < -0.39 is 4.92 Å². The Balaban J connectivity index is 1.60. The van der Waals surface area contributed by atoms with Crippen LogP contribution >= 0.6 is 0 Å². The lowest BCUT2D eigenvalue weighted by Gasteiger charge is -2.30. The summed E-state index contributed by atoms with van der Waals surface area (Å²) >= 11 is 0. The molecule has 2 N–H and O–H groups in total. The summed E-state index contributed by atoms with van der Waals surface area (Å²) in [6.07, 6.45) is 4.72. The first-order valence-electron chi connectivity index (χ1n) is 7.16. The Labute approximate surface area is 121 Å². The molecule has 0 saturated heterocycles. The first-order chi connectivity index (χ1) is 10.1. The molecule has 8 nitrogen and oxygen atoms in total. The molecule has 2 aliphatic carbocycles. The lowest BCUT2D eigenvalue weighted by Crippen LogP contribution is -2.46. The van der Waals surface area contributed by atoms with Crippen LogP contribution in [0, 0.1) is 27.9 Å². The molecule has 2 saturated carbocycles. The van der Waals surface area contributed by atoms with Gasteiger partial charge in [-0.2, -0.15) is 4.68 Å². The van der Waals surface area contributed by atoms with Crippen molar-refractivity contribution in [3.05, 3.63) is 22.4 Å². The van der Waals surface area contributed by atoms with Gasteiger partial charge in [-0.05, 0) is 36.0 Å². The molecule has 2 fully saturated rings. The number of carbonyl (C=O) groups is 1. The molecule has 1 amide bonds. The number of nitrogens with one attached hydrogen (secondary N) is 1. The van der Waals surface area contributed by atoms with Crippen LogP contribution in [-0.4, -0.2) is 38.4 Å². The van der Waals surface area contributed by atoms with Gasteiger partial charge in [-0.25, -0.2) is 0 Å². The van der Waals surface area contributed by atoms with Gasteiger partial charge < -0.3 is 20.5 Å². The van der Waals surface area contributed by atoms with Crippen LogP contribution in [0.5, 0.6) is 0 Å². The Morgan fingerprint density at radius 1 is 1.52 bits per heavy atom. The van der Waals surface area contributed by atoms with Gasteiger partial charge in [0.1, 0.15) is 6.54 Å². The molecule has 1 heterocycles. The highest BCUT2D eigenvalue weighted by Crippen LogP contribution is 2.48. The van der Waals surface area contributed by atoms with E-state index in [1.54, 1.807) is 0 Å². The average Bonchev–Trinajstić information content (AvgIpc) is 3.13. The molecule has 1 aromatic heterocycles. The van der Waals surface area contributed by atoms with Crippen LogP contribution in [0.1, 0.15) is 19.3 Å². The van der Waals surface area contributed by atoms with Crippen molar-refractivity contribution in [3.63, 3.8) is 0 Å². The van der Waals surface area contributed by atoms with E-state index in [2.05, 4.69) is 10.4 Å². The monoisotopic (exact) mass is 294 g/mol. The molecule has 114 valence electrons. The number of aliphatic hydroxyl groups is 1. The van der Waals surface area contributed by atoms with E-state index in [1.807, 2.05) is 0 Å². The minimum atomic E-state index is -0.591. The largest absolute Gasteiger partial charge is 0.396 e. The number of hydrogen-bond donors (Lipinski definition) is 2. The average molecular weight is 294 g/mol. The fourth-order valence-corrected chi connectivity index (χ4v) is 3.81. The van der Waals surface area contributed by atoms with E-state index >= 15 is 0 Å². The van der Waals surface area contributed by atoms with Crippen molar-refractivity contribution < 1.29 is 14.8 Å². The van der Waals surface area contributed by atoms with Crippen LogP contribution in [0.4, 0.5) is 5.82 Å². The van der Waals surface area contributed by atoms with Crippen molar-refractivity contribution in [1.82, 2.24) is 15.1 Å². The maximum absolute atomic E-state index is 12.1. The number of hydrogen-bond acceptors (Lipinski definition) is 5. The summed E-state index contributed by atoms with van der Waals surface area (Å²) in [6, 6.07) is 1.29. The third kappa shape index (κ3) is 2.63. The highest BCUT2D eigenvalue weighted by atomic mass is 16.6. The first kappa shape index (κ1) is 14.0. The molecule has 8 heteroatoms. The predicted molar refractivity (Wildman–Crippen MR) is 72.2 cm³/mol. The highest BCUT2D eigenvalue weighted by molar-refractivity contribution is 5.76. The molecular weight excluding hydrogens is 276 g/mol. The molecule has 0 spiro atoms. The van der Waals surface area contributed by atoms with Crippen LogP contribution in [0.3, 0.4) is 0 Å². The topological polar surface area (TPSA) is 110 Å². The van der Waals surface area contributed by atoms with E-state index in [-0.39, 0.29) is 36.8 Å². The molecule has 21 heavy (non-hydrogen) atoms. The molecule has 2 bridgehead atoms. The summed E-state index contributed by atoms with van der Waals surface area (Å²) in [5, 5.41) is 26.7. The summed E-state index contributed by atoms with van der Waals surface area (Å²) < 4.78 is 1.26. The molecule has 2 aliphatic rings. The standard InChI is InChI=1S/C13H18N4O4/c18-7-10-8-1-2-9(5-8)13(10)14-12(19)6-16-4-3-11(15-16)17(20)21/h3-4,8-10,13,18H,1-2,5-7H2,(H,14,19). The molecule has 1 aromatic rings. The van der Waals surface area contributed by atoms with Crippen molar-refractivity contribution in [2.24, 2.45) is 17.8 Å². The molecule has 4 atom stereocenters. The number of aromatic nitrogens is 2. The first-order valence-corrected chi connectivity index (χ1v) is 7.16. The zero-order valence-electron chi connectivity index (χ0n) is 11.5. The Morgan fingerprint density at radius 2 is 2.29 bits per heavy atom. The fraction of sp³-hybridized carbons (Fsp3) is 0.692. The molecule has 4 unspecified atom stereocenters. The zero-order chi connectivity index (χ0) is 15.0. The van der Waals surface area contributed by atoms with Crippen molar-refractivity contribution in [3.8, 4) is 0 Å². The Morgan fingerprint density at radius 3 is 2.95 bits per heavy atom. The Hall–Kier alpha value is -1.96. The molecule has 0 radical (unpaired) electrons. The number of nitro groups is 1. The van der Waals surface area contributed by atoms with Crippen LogP contribution in [-0.2, 0) is 11.3 Å². The number of fused-ring (bicyclic) bond motifs is 2. The van der Waals surface area contributed by atoms with Gasteiger partial charge in [0, 0.05) is 18.6 Å². The number of carbonyl (C=O) groups excluding carboxylic acids is 1. The summed E-state index contributed by atoms with van der Waals surface area (Å²) in [7, 11) is 0. The third-order valence-electron chi connectivity index (χ3n) is 4.75. The molecule has 0 aliphatic heterocycles. The van der Waals surface area contributed by atoms with Gasteiger partial charge in [0.15, 0.2) is 0 Å². The van der Waals surface area contributed by atoms with Gasteiger partial charge in [-0.3, -0.25) is 4.79 Å². The summed E-state index contributed by atoms with van der Waals surface area (Å²) in [4.78, 5) is 22.0. The van der Waals surface area contributed by atoms with Gasteiger partial charge in [-0.1, -0.05) is 0 Å². The summed E-state index contributed by atoms with van der Waals surface area (Å²) in [5.74, 6) is 0.610. The smallest absolute Gasteiger partial charge is 0.389 e. The van der Waals surface area contributed by atoms with Gasteiger partial charge >= 0.3 is 5.82 Å². The highest BCUT2D eigenvalue weighted by Gasteiger charge is 2.47. The number of aliphatic hydroxyl groups excluding tert-OH is 1. The van der Waals surface area contributed by atoms with E-state index in [4.69, 9.17) is 0 Å². The third-order valence-corrected chi connectivity index (χ3v) is 4.75. The maximum atomic E-state index is 12.1. The quantitative estimate of drug-likeness (QED) is 0.600. The van der Waals surface area contributed by atoms with Crippen molar-refractivity contribution in [2.45, 2.75) is 31.8 Å². The van der Waals surface area contributed by atoms with Gasteiger partial charge in [0.05, 0.1) is 17.4 Å². The maximum Gasteiger partial charge on any atom is 0.389 e. The van der Waals surface area contributed by atoms with Gasteiger partial charge in [0.2, 0.25) is 5.91 Å². The SMILES string of the molecule is O=C(Cn1ccc([N+](=O)[O-])n1)NC1C2CCC(C2)C1CO. The van der Waals surface area contributed by atoms with Crippen molar-refractivity contribution in [2.75, 3.05) is 6.61 Å². The van der Waals surface area contributed by atoms with Gasteiger partial charge in [-0.15, -0.1) is 0 Å². The van der Waals surface area contributed by atoms with Crippen molar-refractivity contribution >= 4 is 11.7 Å². The number of rotatable bonds is 5. The normalized spacial score (nSPS) is 30.5. The van der Waals surface area contributed by atoms with Crippen molar-refractivity contribution in [1.29, 1.82) is 0 Å². The number of nitrogens with zero attached hydrogens (tertiary/aromatic N) is 3. The lowest BCUT2D eigenvalue weighted by molar-refractivity contribution is -0.389. The second-order valence-electron chi connectivity index (χ2n) is 5.90. The van der Waals surface area contributed by atoms with Crippen LogP contribution < -0.4 is 5.32 Å². The zero-order valence-corrected chi connectivity index (χ0v) is 11.5.